The molecule has 1 fully saturated rings. The van der Waals surface area contributed by atoms with Gasteiger partial charge in [-0.15, -0.1) is 0 Å². The van der Waals surface area contributed by atoms with Crippen LogP contribution in [0.25, 0.3) is 0 Å². The van der Waals surface area contributed by atoms with Gasteiger partial charge in [-0.05, 0) is 74.2 Å². The average Bonchev–Trinajstić information content (AvgIpc) is 3.06. The summed E-state index contributed by atoms with van der Waals surface area (Å²) in [5.74, 6) is 0.638. The van der Waals surface area contributed by atoms with Crippen molar-refractivity contribution in [3.63, 3.8) is 0 Å². The summed E-state index contributed by atoms with van der Waals surface area (Å²) in [5.41, 5.74) is 3.68. The largest absolute Gasteiger partial charge is 0.491 e. The Balaban J connectivity index is 1.58. The average molecular weight is 325 g/mol. The van der Waals surface area contributed by atoms with Gasteiger partial charge in [0, 0.05) is 17.9 Å². The van der Waals surface area contributed by atoms with Crippen LogP contribution in [0.4, 0.5) is 5.69 Å². The molecule has 2 aromatic rings. The molecule has 1 atom stereocenters. The lowest BCUT2D eigenvalue weighted by Crippen LogP contribution is -2.16. The number of aryl methyl sites for hydroxylation is 2. The third-order valence-corrected chi connectivity index (χ3v) is 4.06. The molecule has 1 amide bonds. The lowest BCUT2D eigenvalue weighted by Gasteiger charge is -2.12. The molecule has 126 valence electrons. The van der Waals surface area contributed by atoms with Gasteiger partial charge in [-0.25, -0.2) is 0 Å². The molecule has 24 heavy (non-hydrogen) atoms. The van der Waals surface area contributed by atoms with Crippen LogP contribution in [0.15, 0.2) is 42.5 Å². The van der Waals surface area contributed by atoms with Crippen molar-refractivity contribution < 1.29 is 14.3 Å². The normalized spacial score (nSPS) is 16.8. The first-order valence-electron chi connectivity index (χ1n) is 8.34. The Hall–Kier alpha value is -2.33. The maximum atomic E-state index is 12.3. The Morgan fingerprint density at radius 2 is 1.88 bits per heavy atom. The van der Waals surface area contributed by atoms with E-state index in [-0.39, 0.29) is 12.0 Å². The second-order valence-corrected chi connectivity index (χ2v) is 6.30. The third kappa shape index (κ3) is 4.36. The number of anilines is 1. The fraction of sp³-hybridized carbons (Fsp3) is 0.350. The number of hydrogen-bond acceptors (Lipinski definition) is 3. The zero-order chi connectivity index (χ0) is 16.9. The van der Waals surface area contributed by atoms with Crippen molar-refractivity contribution in [1.82, 2.24) is 0 Å². The van der Waals surface area contributed by atoms with Crippen LogP contribution in [0.2, 0.25) is 0 Å². The van der Waals surface area contributed by atoms with E-state index in [1.807, 2.05) is 38.1 Å². The van der Waals surface area contributed by atoms with E-state index in [1.54, 1.807) is 12.1 Å². The first kappa shape index (κ1) is 16.5. The molecular weight excluding hydrogens is 302 g/mol. The molecule has 0 spiro atoms. The minimum Gasteiger partial charge on any atom is -0.491 e. The van der Waals surface area contributed by atoms with Gasteiger partial charge in [-0.2, -0.15) is 0 Å². The molecule has 0 unspecified atom stereocenters. The van der Waals surface area contributed by atoms with Gasteiger partial charge in [0.05, 0.1) is 6.10 Å². The zero-order valence-electron chi connectivity index (χ0n) is 14.2. The van der Waals surface area contributed by atoms with Gasteiger partial charge >= 0.3 is 0 Å². The van der Waals surface area contributed by atoms with Crippen molar-refractivity contribution in [3.8, 4) is 5.75 Å². The predicted octanol–water partition coefficient (Wildman–Crippen LogP) is 4.11. The van der Waals surface area contributed by atoms with E-state index in [4.69, 9.17) is 9.47 Å². The summed E-state index contributed by atoms with van der Waals surface area (Å²) < 4.78 is 11.3. The summed E-state index contributed by atoms with van der Waals surface area (Å²) in [7, 11) is 0. The summed E-state index contributed by atoms with van der Waals surface area (Å²) in [4.78, 5) is 12.3. The summed E-state index contributed by atoms with van der Waals surface area (Å²) in [5, 5.41) is 2.94. The van der Waals surface area contributed by atoms with Crippen LogP contribution >= 0.6 is 0 Å². The van der Waals surface area contributed by atoms with Crippen molar-refractivity contribution >= 4 is 11.6 Å². The smallest absolute Gasteiger partial charge is 0.255 e. The van der Waals surface area contributed by atoms with Crippen LogP contribution in [-0.2, 0) is 4.74 Å². The minimum absolute atomic E-state index is 0.120. The number of rotatable bonds is 5. The maximum absolute atomic E-state index is 12.3. The number of ether oxygens (including phenoxy) is 2. The van der Waals surface area contributed by atoms with E-state index >= 15 is 0 Å². The molecule has 1 N–H and O–H groups in total. The standard InChI is InChI=1S/C20H23NO3/c1-14-10-15(2)12-17(11-14)21-20(22)16-5-7-18(8-6-16)24-13-19-4-3-9-23-19/h5-8,10-12,19H,3-4,9,13H2,1-2H3,(H,21,22)/t19-/m1/s1. The number of carbonyl (C=O) groups excluding carboxylic acids is 1. The fourth-order valence-corrected chi connectivity index (χ4v) is 2.92. The second-order valence-electron chi connectivity index (χ2n) is 6.30. The van der Waals surface area contributed by atoms with Crippen molar-refractivity contribution in [2.24, 2.45) is 0 Å². The summed E-state index contributed by atoms with van der Waals surface area (Å²) in [6, 6.07) is 13.2. The first-order valence-corrected chi connectivity index (χ1v) is 8.34. The van der Waals surface area contributed by atoms with E-state index < -0.39 is 0 Å². The van der Waals surface area contributed by atoms with E-state index in [2.05, 4.69) is 11.4 Å². The Morgan fingerprint density at radius 1 is 1.17 bits per heavy atom. The van der Waals surface area contributed by atoms with Crippen LogP contribution < -0.4 is 10.1 Å². The first-order chi connectivity index (χ1) is 11.6. The highest BCUT2D eigenvalue weighted by atomic mass is 16.5. The van der Waals surface area contributed by atoms with Gasteiger partial charge < -0.3 is 14.8 Å². The number of nitrogens with one attached hydrogen (secondary N) is 1. The molecule has 1 heterocycles. The quantitative estimate of drug-likeness (QED) is 0.900. The highest BCUT2D eigenvalue weighted by molar-refractivity contribution is 6.04. The second kappa shape index (κ2) is 7.49. The molecule has 1 aliphatic rings. The number of benzene rings is 2. The number of hydrogen-bond donors (Lipinski definition) is 1. The summed E-state index contributed by atoms with van der Waals surface area (Å²) >= 11 is 0. The van der Waals surface area contributed by atoms with Crippen molar-refractivity contribution in [2.75, 3.05) is 18.5 Å². The van der Waals surface area contributed by atoms with Gasteiger partial charge in [0.1, 0.15) is 12.4 Å². The Bertz CT molecular complexity index is 683. The maximum Gasteiger partial charge on any atom is 0.255 e. The SMILES string of the molecule is Cc1cc(C)cc(NC(=O)c2ccc(OC[C@H]3CCCO3)cc2)c1. The molecule has 0 aromatic heterocycles. The van der Waals surface area contributed by atoms with E-state index in [1.165, 1.54) is 0 Å². The monoisotopic (exact) mass is 325 g/mol. The van der Waals surface area contributed by atoms with Crippen LogP contribution in [0, 0.1) is 13.8 Å². The molecule has 0 bridgehead atoms. The van der Waals surface area contributed by atoms with E-state index in [0.29, 0.717) is 12.2 Å². The van der Waals surface area contributed by atoms with Crippen LogP contribution in [0.5, 0.6) is 5.75 Å². The molecule has 0 saturated carbocycles. The van der Waals surface area contributed by atoms with Crippen molar-refractivity contribution in [3.05, 3.63) is 59.2 Å². The zero-order valence-corrected chi connectivity index (χ0v) is 14.2. The van der Waals surface area contributed by atoms with Gasteiger partial charge in [-0.1, -0.05) is 6.07 Å². The van der Waals surface area contributed by atoms with E-state index in [0.717, 1.165) is 42.0 Å². The summed E-state index contributed by atoms with van der Waals surface area (Å²) in [6.45, 7) is 5.42. The van der Waals surface area contributed by atoms with Crippen LogP contribution in [-0.4, -0.2) is 25.2 Å². The molecule has 4 nitrogen and oxygen atoms in total. The molecule has 1 aliphatic heterocycles. The van der Waals surface area contributed by atoms with Crippen LogP contribution in [0.1, 0.15) is 34.3 Å². The molecule has 3 rings (SSSR count). The molecule has 4 heteroatoms. The lowest BCUT2D eigenvalue weighted by atomic mass is 10.1. The van der Waals surface area contributed by atoms with Crippen molar-refractivity contribution in [1.29, 1.82) is 0 Å². The van der Waals surface area contributed by atoms with Gasteiger partial charge in [0.15, 0.2) is 0 Å². The van der Waals surface area contributed by atoms with Gasteiger partial charge in [-0.3, -0.25) is 4.79 Å². The summed E-state index contributed by atoms with van der Waals surface area (Å²) in [6.07, 6.45) is 2.35. The molecule has 0 radical (unpaired) electrons. The number of amides is 1. The number of carbonyl (C=O) groups is 1. The van der Waals surface area contributed by atoms with E-state index in [9.17, 15) is 4.79 Å². The topological polar surface area (TPSA) is 47.6 Å². The third-order valence-electron chi connectivity index (χ3n) is 4.06. The highest BCUT2D eigenvalue weighted by Gasteiger charge is 2.16. The molecule has 1 saturated heterocycles. The minimum atomic E-state index is -0.120. The highest BCUT2D eigenvalue weighted by Crippen LogP contribution is 2.18. The predicted molar refractivity (Wildman–Crippen MR) is 94.8 cm³/mol. The Kier molecular flexibility index (Phi) is 5.16. The Morgan fingerprint density at radius 3 is 2.50 bits per heavy atom. The van der Waals surface area contributed by atoms with Gasteiger partial charge in [0.2, 0.25) is 0 Å². The molecular formula is C20H23NO3. The van der Waals surface area contributed by atoms with Crippen LogP contribution in [0.3, 0.4) is 0 Å². The van der Waals surface area contributed by atoms with Gasteiger partial charge in [0.25, 0.3) is 5.91 Å². The lowest BCUT2D eigenvalue weighted by molar-refractivity contribution is 0.0679. The Labute approximate surface area is 142 Å². The molecule has 0 aliphatic carbocycles. The molecule has 2 aromatic carbocycles. The fourth-order valence-electron chi connectivity index (χ4n) is 2.92. The van der Waals surface area contributed by atoms with Crippen molar-refractivity contribution in [2.45, 2.75) is 32.8 Å².